The normalized spacial score (nSPS) is 11.2. The molecule has 0 unspecified atom stereocenters. The fourth-order valence-electron chi connectivity index (χ4n) is 1.99. The molecular weight excluding hydrogens is 372 g/mol. The lowest BCUT2D eigenvalue weighted by atomic mass is 10.2. The van der Waals surface area contributed by atoms with Gasteiger partial charge in [-0.05, 0) is 12.1 Å². The van der Waals surface area contributed by atoms with E-state index < -0.39 is 12.1 Å². The molecule has 2 aromatic heterocycles. The van der Waals surface area contributed by atoms with Crippen LogP contribution in [0.15, 0.2) is 24.5 Å². The number of fused-ring (bicyclic) bond motifs is 3. The highest BCUT2D eigenvalue weighted by atomic mass is 35.5. The van der Waals surface area contributed by atoms with Crippen molar-refractivity contribution in [3.05, 3.63) is 34.6 Å². The molecule has 128 valence electrons. The summed E-state index contributed by atoms with van der Waals surface area (Å²) < 4.78 is 36.9. The second-order valence-electron chi connectivity index (χ2n) is 4.48. The maximum Gasteiger partial charge on any atom is 0.490 e. The number of ether oxygens (including phenoxy) is 1. The number of H-pyrrole nitrogens is 1. The Bertz CT molecular complexity index is 910. The number of alkyl halides is 3. The Hall–Kier alpha value is -2.19. The van der Waals surface area contributed by atoms with Gasteiger partial charge in [0.2, 0.25) is 0 Å². The van der Waals surface area contributed by atoms with Crippen molar-refractivity contribution in [2.45, 2.75) is 6.18 Å². The number of nitrogens with zero attached hydrogens (tertiary/aromatic N) is 1. The first-order valence-corrected chi connectivity index (χ1v) is 7.00. The first-order valence-electron chi connectivity index (χ1n) is 6.24. The van der Waals surface area contributed by atoms with E-state index in [4.69, 9.17) is 37.8 Å². The number of pyridine rings is 1. The summed E-state index contributed by atoms with van der Waals surface area (Å²) in [5.74, 6) is -2.27. The summed E-state index contributed by atoms with van der Waals surface area (Å²) >= 11 is 12.4. The fraction of sp³-hybridized carbons (Fsp3) is 0.143. The van der Waals surface area contributed by atoms with Crippen LogP contribution in [-0.2, 0) is 4.79 Å². The molecule has 0 bridgehead atoms. The Morgan fingerprint density at radius 3 is 2.50 bits per heavy atom. The maximum absolute atomic E-state index is 10.6. The summed E-state index contributed by atoms with van der Waals surface area (Å²) in [7, 11) is 1.54. The third-order valence-corrected chi connectivity index (χ3v) is 3.64. The molecule has 1 aromatic carbocycles. The smallest absolute Gasteiger partial charge is 0.490 e. The van der Waals surface area contributed by atoms with Crippen molar-refractivity contribution >= 4 is 51.0 Å². The second-order valence-corrected chi connectivity index (χ2v) is 5.26. The van der Waals surface area contributed by atoms with Gasteiger partial charge >= 0.3 is 12.1 Å². The molecule has 2 heterocycles. The lowest BCUT2D eigenvalue weighted by Gasteiger charge is -2.06. The number of aromatic nitrogens is 2. The first kappa shape index (κ1) is 18.2. The molecule has 0 atom stereocenters. The van der Waals surface area contributed by atoms with Crippen molar-refractivity contribution in [3.63, 3.8) is 0 Å². The Balaban J connectivity index is 0.000000256. The number of aromatic amines is 1. The van der Waals surface area contributed by atoms with Crippen molar-refractivity contribution in [1.82, 2.24) is 9.97 Å². The SMILES string of the molecule is COc1c(Cl)cc2c([nH]c3cnccc32)c1Cl.O=C(O)C(F)(F)F. The van der Waals surface area contributed by atoms with Gasteiger partial charge in [0.25, 0.3) is 0 Å². The molecule has 0 saturated heterocycles. The minimum atomic E-state index is -5.08. The monoisotopic (exact) mass is 380 g/mol. The molecule has 0 amide bonds. The number of hydrogen-bond donors (Lipinski definition) is 2. The van der Waals surface area contributed by atoms with Crippen molar-refractivity contribution in [1.29, 1.82) is 0 Å². The van der Waals surface area contributed by atoms with Crippen LogP contribution in [-0.4, -0.2) is 34.3 Å². The van der Waals surface area contributed by atoms with Gasteiger partial charge in [0.1, 0.15) is 5.02 Å². The molecule has 0 fully saturated rings. The number of nitrogens with one attached hydrogen (secondary N) is 1. The van der Waals surface area contributed by atoms with Crippen molar-refractivity contribution in [3.8, 4) is 5.75 Å². The lowest BCUT2D eigenvalue weighted by molar-refractivity contribution is -0.192. The van der Waals surface area contributed by atoms with Crippen LogP contribution >= 0.6 is 23.2 Å². The van der Waals surface area contributed by atoms with Crippen LogP contribution in [0.1, 0.15) is 0 Å². The quantitative estimate of drug-likeness (QED) is 0.643. The van der Waals surface area contributed by atoms with E-state index in [1.165, 1.54) is 0 Å². The van der Waals surface area contributed by atoms with Gasteiger partial charge in [0, 0.05) is 17.0 Å². The molecule has 0 aliphatic rings. The molecule has 0 radical (unpaired) electrons. The van der Waals surface area contributed by atoms with Gasteiger partial charge in [-0.3, -0.25) is 4.98 Å². The molecule has 24 heavy (non-hydrogen) atoms. The van der Waals surface area contributed by atoms with Crippen LogP contribution < -0.4 is 4.74 Å². The zero-order chi connectivity index (χ0) is 18.1. The number of carboxylic acids is 1. The highest BCUT2D eigenvalue weighted by Gasteiger charge is 2.38. The molecule has 0 saturated carbocycles. The number of hydrogen-bond acceptors (Lipinski definition) is 3. The van der Waals surface area contributed by atoms with Crippen molar-refractivity contribution < 1.29 is 27.8 Å². The number of halogens is 5. The zero-order valence-electron chi connectivity index (χ0n) is 11.9. The van der Waals surface area contributed by atoms with E-state index in [9.17, 15) is 13.2 Å². The lowest BCUT2D eigenvalue weighted by Crippen LogP contribution is -2.21. The van der Waals surface area contributed by atoms with E-state index in [1.807, 2.05) is 12.1 Å². The van der Waals surface area contributed by atoms with Gasteiger partial charge in [-0.25, -0.2) is 4.79 Å². The van der Waals surface area contributed by atoms with Crippen LogP contribution in [0.2, 0.25) is 10.0 Å². The van der Waals surface area contributed by atoms with Crippen LogP contribution in [0, 0.1) is 0 Å². The number of benzene rings is 1. The Morgan fingerprint density at radius 2 is 1.96 bits per heavy atom. The predicted octanol–water partition coefficient (Wildman–Crippen LogP) is 4.66. The summed E-state index contributed by atoms with van der Waals surface area (Å²) in [6.07, 6.45) is -1.59. The minimum Gasteiger partial charge on any atom is -0.494 e. The van der Waals surface area contributed by atoms with Gasteiger partial charge in [0.05, 0.1) is 29.4 Å². The van der Waals surface area contributed by atoms with E-state index in [1.54, 1.807) is 19.5 Å². The molecule has 0 aliphatic carbocycles. The van der Waals surface area contributed by atoms with Gasteiger partial charge in [-0.1, -0.05) is 23.2 Å². The average Bonchev–Trinajstić information content (AvgIpc) is 2.86. The largest absolute Gasteiger partial charge is 0.494 e. The maximum atomic E-state index is 10.6. The second kappa shape index (κ2) is 6.74. The van der Waals surface area contributed by atoms with Crippen LogP contribution in [0.25, 0.3) is 21.8 Å². The molecule has 3 rings (SSSR count). The fourth-order valence-corrected chi connectivity index (χ4v) is 2.64. The van der Waals surface area contributed by atoms with Crippen LogP contribution in [0.4, 0.5) is 13.2 Å². The van der Waals surface area contributed by atoms with Gasteiger partial charge in [0.15, 0.2) is 5.75 Å². The number of aliphatic carboxylic acids is 1. The van der Waals surface area contributed by atoms with Gasteiger partial charge in [-0.15, -0.1) is 0 Å². The Kier molecular flexibility index (Phi) is 5.10. The van der Waals surface area contributed by atoms with Crippen molar-refractivity contribution in [2.24, 2.45) is 0 Å². The van der Waals surface area contributed by atoms with E-state index in [-0.39, 0.29) is 0 Å². The molecule has 5 nitrogen and oxygen atoms in total. The van der Waals surface area contributed by atoms with Gasteiger partial charge in [-0.2, -0.15) is 13.2 Å². The highest BCUT2D eigenvalue weighted by Crippen LogP contribution is 2.41. The molecule has 10 heteroatoms. The molecule has 3 aromatic rings. The summed E-state index contributed by atoms with van der Waals surface area (Å²) in [5, 5.41) is 10.1. The number of carbonyl (C=O) groups is 1. The minimum absolute atomic E-state index is 0.486. The number of rotatable bonds is 1. The Morgan fingerprint density at radius 1 is 1.33 bits per heavy atom. The molecule has 2 N–H and O–H groups in total. The summed E-state index contributed by atoms with van der Waals surface area (Å²) in [6.45, 7) is 0. The van der Waals surface area contributed by atoms with Crippen LogP contribution in [0.3, 0.4) is 0 Å². The third kappa shape index (κ3) is 3.49. The van der Waals surface area contributed by atoms with E-state index in [0.717, 1.165) is 21.8 Å². The van der Waals surface area contributed by atoms with Crippen molar-refractivity contribution in [2.75, 3.05) is 7.11 Å². The van der Waals surface area contributed by atoms with Gasteiger partial charge < -0.3 is 14.8 Å². The average molecular weight is 381 g/mol. The summed E-state index contributed by atoms with van der Waals surface area (Å²) in [4.78, 5) is 16.2. The van der Waals surface area contributed by atoms with E-state index in [2.05, 4.69) is 9.97 Å². The van der Waals surface area contributed by atoms with Crippen LogP contribution in [0.5, 0.6) is 5.75 Å². The summed E-state index contributed by atoms with van der Waals surface area (Å²) in [5.41, 5.74) is 1.74. The zero-order valence-corrected chi connectivity index (χ0v) is 13.4. The number of carboxylic acid groups (broad SMARTS) is 1. The Labute approximate surface area is 142 Å². The highest BCUT2D eigenvalue weighted by molar-refractivity contribution is 6.42. The van der Waals surface area contributed by atoms with E-state index >= 15 is 0 Å². The summed E-state index contributed by atoms with van der Waals surface area (Å²) in [6, 6.07) is 3.77. The topological polar surface area (TPSA) is 75.2 Å². The van der Waals surface area contributed by atoms with E-state index in [0.29, 0.717) is 15.8 Å². The standard InChI is InChI=1S/C12H8Cl2N2O.C2HF3O2/c1-17-12-8(13)4-7-6-2-3-15-5-9(6)16-11(7)10(12)14;3-2(4,5)1(6)7/h2-5,16H,1H3;(H,6,7). The predicted molar refractivity (Wildman–Crippen MR) is 83.9 cm³/mol. The number of methoxy groups -OCH3 is 1. The molecule has 0 spiro atoms. The molecular formula is C14H9Cl2F3N2O3. The first-order chi connectivity index (χ1) is 11.2. The third-order valence-electron chi connectivity index (χ3n) is 2.99. The molecule has 0 aliphatic heterocycles.